The number of methoxy groups -OCH3 is 1. The van der Waals surface area contributed by atoms with E-state index in [1.807, 2.05) is 73.7 Å². The number of ether oxygens (including phenoxy) is 1. The maximum atomic E-state index is 13.3. The summed E-state index contributed by atoms with van der Waals surface area (Å²) in [4.78, 5) is 18.1. The minimum absolute atomic E-state index is 0.0978. The van der Waals surface area contributed by atoms with Gasteiger partial charge in [-0.2, -0.15) is 0 Å². The summed E-state index contributed by atoms with van der Waals surface area (Å²) in [6, 6.07) is 22.9. The number of para-hydroxylation sites is 1. The maximum absolute atomic E-state index is 13.3. The first-order valence-electron chi connectivity index (χ1n) is 8.40. The summed E-state index contributed by atoms with van der Waals surface area (Å²) >= 11 is 0. The van der Waals surface area contributed by atoms with Gasteiger partial charge in [0.2, 0.25) is 0 Å². The molecule has 0 aliphatic carbocycles. The van der Waals surface area contributed by atoms with Crippen molar-refractivity contribution in [1.29, 1.82) is 0 Å². The summed E-state index contributed by atoms with van der Waals surface area (Å²) in [6.45, 7) is 2.03. The van der Waals surface area contributed by atoms with Gasteiger partial charge >= 0.3 is 0 Å². The van der Waals surface area contributed by atoms with Gasteiger partial charge < -0.3 is 4.74 Å². The Morgan fingerprint density at radius 3 is 2.46 bits per heavy atom. The molecule has 0 bridgehead atoms. The molecule has 0 aliphatic heterocycles. The van der Waals surface area contributed by atoms with Crippen LogP contribution in [0.1, 0.15) is 5.56 Å². The quantitative estimate of drug-likeness (QED) is 0.555. The van der Waals surface area contributed by atoms with Gasteiger partial charge in [-0.05, 0) is 31.2 Å². The van der Waals surface area contributed by atoms with Crippen LogP contribution in [0, 0.1) is 6.92 Å². The molecule has 0 saturated heterocycles. The summed E-state index contributed by atoms with van der Waals surface area (Å²) in [6.07, 6.45) is 0. The van der Waals surface area contributed by atoms with Gasteiger partial charge in [0.05, 0.1) is 23.7 Å². The molecule has 0 fully saturated rings. The van der Waals surface area contributed by atoms with Crippen molar-refractivity contribution in [2.75, 3.05) is 7.11 Å². The highest BCUT2D eigenvalue weighted by atomic mass is 16.5. The Hall–Kier alpha value is -3.40. The van der Waals surface area contributed by atoms with Crippen LogP contribution in [-0.2, 0) is 0 Å². The Morgan fingerprint density at radius 2 is 1.69 bits per heavy atom. The van der Waals surface area contributed by atoms with Crippen LogP contribution in [0.4, 0.5) is 0 Å². The molecule has 26 heavy (non-hydrogen) atoms. The number of fused-ring (bicyclic) bond motifs is 1. The third-order valence-electron chi connectivity index (χ3n) is 4.40. The van der Waals surface area contributed by atoms with E-state index in [2.05, 4.69) is 0 Å². The van der Waals surface area contributed by atoms with Gasteiger partial charge in [0.1, 0.15) is 11.6 Å². The second-order valence-corrected chi connectivity index (χ2v) is 6.16. The minimum Gasteiger partial charge on any atom is -0.497 e. The van der Waals surface area contributed by atoms with Crippen LogP contribution in [0.5, 0.6) is 5.75 Å². The van der Waals surface area contributed by atoms with Crippen molar-refractivity contribution < 1.29 is 4.74 Å². The molecule has 4 rings (SSSR count). The van der Waals surface area contributed by atoms with Crippen molar-refractivity contribution in [3.63, 3.8) is 0 Å². The van der Waals surface area contributed by atoms with E-state index >= 15 is 0 Å². The van der Waals surface area contributed by atoms with E-state index in [1.54, 1.807) is 17.7 Å². The predicted molar refractivity (Wildman–Crippen MR) is 104 cm³/mol. The first-order valence-corrected chi connectivity index (χ1v) is 8.40. The Bertz CT molecular complexity index is 1140. The molecule has 0 unspecified atom stereocenters. The zero-order valence-corrected chi connectivity index (χ0v) is 14.6. The lowest BCUT2D eigenvalue weighted by atomic mass is 10.1. The summed E-state index contributed by atoms with van der Waals surface area (Å²) in [5.74, 6) is 1.30. The molecule has 4 heteroatoms. The Kier molecular flexibility index (Phi) is 4.01. The fourth-order valence-corrected chi connectivity index (χ4v) is 3.02. The zero-order valence-electron chi connectivity index (χ0n) is 14.6. The smallest absolute Gasteiger partial charge is 0.266 e. The van der Waals surface area contributed by atoms with Crippen LogP contribution in [0.15, 0.2) is 77.6 Å². The van der Waals surface area contributed by atoms with E-state index < -0.39 is 0 Å². The number of hydrogen-bond donors (Lipinski definition) is 0. The van der Waals surface area contributed by atoms with Gasteiger partial charge in [0.15, 0.2) is 0 Å². The van der Waals surface area contributed by atoms with Crippen LogP contribution in [0.25, 0.3) is 28.0 Å². The molecular formula is C22H18N2O2. The van der Waals surface area contributed by atoms with E-state index in [0.29, 0.717) is 22.5 Å². The number of aryl methyl sites for hydroxylation is 1. The van der Waals surface area contributed by atoms with E-state index in [-0.39, 0.29) is 5.56 Å². The van der Waals surface area contributed by atoms with Crippen LogP contribution in [0.3, 0.4) is 0 Å². The molecular weight excluding hydrogens is 324 g/mol. The lowest BCUT2D eigenvalue weighted by molar-refractivity contribution is 0.414. The van der Waals surface area contributed by atoms with Gasteiger partial charge in [-0.1, -0.05) is 48.0 Å². The van der Waals surface area contributed by atoms with E-state index in [0.717, 1.165) is 16.8 Å². The number of rotatable bonds is 3. The fourth-order valence-electron chi connectivity index (χ4n) is 3.02. The molecule has 1 aromatic heterocycles. The predicted octanol–water partition coefficient (Wildman–Crippen LogP) is 4.37. The highest BCUT2D eigenvalue weighted by Crippen LogP contribution is 2.24. The van der Waals surface area contributed by atoms with E-state index in [1.165, 1.54) is 0 Å². The summed E-state index contributed by atoms with van der Waals surface area (Å²) < 4.78 is 6.98. The van der Waals surface area contributed by atoms with Crippen molar-refractivity contribution in [2.24, 2.45) is 0 Å². The molecule has 0 radical (unpaired) electrons. The Labute approximate surface area is 151 Å². The molecule has 1 heterocycles. The van der Waals surface area contributed by atoms with Gasteiger partial charge in [0.25, 0.3) is 5.56 Å². The van der Waals surface area contributed by atoms with Gasteiger partial charge in [-0.15, -0.1) is 0 Å². The zero-order chi connectivity index (χ0) is 18.1. The largest absolute Gasteiger partial charge is 0.497 e. The van der Waals surface area contributed by atoms with Crippen LogP contribution in [0.2, 0.25) is 0 Å². The first-order chi connectivity index (χ1) is 12.7. The minimum atomic E-state index is -0.0978. The Morgan fingerprint density at radius 1 is 0.923 bits per heavy atom. The van der Waals surface area contributed by atoms with Gasteiger partial charge in [-0.25, -0.2) is 4.98 Å². The Balaban J connectivity index is 2.08. The summed E-state index contributed by atoms with van der Waals surface area (Å²) in [5, 5.41) is 0.589. The van der Waals surface area contributed by atoms with Crippen LogP contribution >= 0.6 is 0 Å². The summed E-state index contributed by atoms with van der Waals surface area (Å²) in [5.41, 5.74) is 3.36. The molecule has 0 amide bonds. The molecule has 128 valence electrons. The first kappa shape index (κ1) is 16.1. The topological polar surface area (TPSA) is 44.1 Å². The van der Waals surface area contributed by atoms with Crippen molar-refractivity contribution in [3.05, 3.63) is 88.7 Å². The molecule has 0 N–H and O–H groups in total. The highest BCUT2D eigenvalue weighted by Gasteiger charge is 2.14. The number of nitrogens with zero attached hydrogens (tertiary/aromatic N) is 2. The van der Waals surface area contributed by atoms with Crippen molar-refractivity contribution in [3.8, 4) is 22.8 Å². The second-order valence-electron chi connectivity index (χ2n) is 6.16. The lowest BCUT2D eigenvalue weighted by Gasteiger charge is -2.14. The van der Waals surface area contributed by atoms with E-state index in [4.69, 9.17) is 9.72 Å². The number of benzene rings is 3. The van der Waals surface area contributed by atoms with Crippen LogP contribution < -0.4 is 10.3 Å². The average molecular weight is 342 g/mol. The molecule has 0 saturated carbocycles. The van der Waals surface area contributed by atoms with Crippen molar-refractivity contribution in [1.82, 2.24) is 9.55 Å². The molecule has 0 spiro atoms. The average Bonchev–Trinajstić information content (AvgIpc) is 2.68. The normalized spacial score (nSPS) is 10.8. The highest BCUT2D eigenvalue weighted by molar-refractivity contribution is 5.80. The number of aromatic nitrogens is 2. The molecule has 4 nitrogen and oxygen atoms in total. The maximum Gasteiger partial charge on any atom is 0.266 e. The molecule has 0 atom stereocenters. The SMILES string of the molecule is COc1cccc(-n2c(-c3ccc(C)cc3)nc3ccccc3c2=O)c1. The fraction of sp³-hybridized carbons (Fsp3) is 0.0909. The molecule has 0 aliphatic rings. The third kappa shape index (κ3) is 2.75. The monoisotopic (exact) mass is 342 g/mol. The van der Waals surface area contributed by atoms with Gasteiger partial charge in [0, 0.05) is 11.6 Å². The third-order valence-corrected chi connectivity index (χ3v) is 4.40. The number of hydrogen-bond acceptors (Lipinski definition) is 3. The van der Waals surface area contributed by atoms with Crippen molar-refractivity contribution in [2.45, 2.75) is 6.92 Å². The standard InChI is InChI=1S/C22H18N2O2/c1-15-10-12-16(13-11-15)21-23-20-9-4-3-8-19(20)22(25)24(21)17-6-5-7-18(14-17)26-2/h3-14H,1-2H3. The van der Waals surface area contributed by atoms with Crippen LogP contribution in [-0.4, -0.2) is 16.7 Å². The van der Waals surface area contributed by atoms with Gasteiger partial charge in [-0.3, -0.25) is 9.36 Å². The lowest BCUT2D eigenvalue weighted by Crippen LogP contribution is -2.22. The molecule has 3 aromatic carbocycles. The van der Waals surface area contributed by atoms with Crippen molar-refractivity contribution >= 4 is 10.9 Å². The van der Waals surface area contributed by atoms with E-state index in [9.17, 15) is 4.79 Å². The summed E-state index contributed by atoms with van der Waals surface area (Å²) in [7, 11) is 1.61. The molecule has 4 aromatic rings. The second kappa shape index (κ2) is 6.48.